The van der Waals surface area contributed by atoms with Gasteiger partial charge in [0.1, 0.15) is 17.5 Å². The maximum Gasteiger partial charge on any atom is 0.261 e. The van der Waals surface area contributed by atoms with Crippen LogP contribution in [0.1, 0.15) is 30.0 Å². The van der Waals surface area contributed by atoms with Crippen molar-refractivity contribution in [3.8, 4) is 11.5 Å². The Morgan fingerprint density at radius 2 is 1.80 bits per heavy atom. The Bertz CT molecular complexity index is 878. The van der Waals surface area contributed by atoms with Crippen molar-refractivity contribution < 1.29 is 19.1 Å². The van der Waals surface area contributed by atoms with Crippen LogP contribution in [0.4, 0.5) is 0 Å². The average molecular weight is 433 g/mol. The van der Waals surface area contributed by atoms with E-state index in [2.05, 4.69) is 5.32 Å². The van der Waals surface area contributed by atoms with E-state index in [9.17, 15) is 9.59 Å². The van der Waals surface area contributed by atoms with Crippen molar-refractivity contribution in [3.63, 3.8) is 0 Å². The summed E-state index contributed by atoms with van der Waals surface area (Å²) in [6.07, 6.45) is 0.481. The number of halogens is 1. The summed E-state index contributed by atoms with van der Waals surface area (Å²) >= 11 is 6.20. The molecule has 162 valence electrons. The van der Waals surface area contributed by atoms with Gasteiger partial charge in [0.15, 0.2) is 6.61 Å². The molecule has 6 nitrogen and oxygen atoms in total. The fourth-order valence-electron chi connectivity index (χ4n) is 3.27. The van der Waals surface area contributed by atoms with Gasteiger partial charge >= 0.3 is 0 Å². The van der Waals surface area contributed by atoms with Crippen LogP contribution in [-0.4, -0.2) is 43.5 Å². The molecule has 30 heavy (non-hydrogen) atoms. The Hall–Kier alpha value is -2.73. The number of amides is 2. The molecule has 0 aliphatic rings. The Kier molecular flexibility index (Phi) is 8.54. The average Bonchev–Trinajstić information content (AvgIpc) is 2.75. The van der Waals surface area contributed by atoms with Gasteiger partial charge in [-0.25, -0.2) is 0 Å². The third-order valence-electron chi connectivity index (χ3n) is 4.89. The molecule has 7 heteroatoms. The number of rotatable bonds is 9. The molecule has 0 heterocycles. The quantitative estimate of drug-likeness (QED) is 0.652. The van der Waals surface area contributed by atoms with E-state index in [1.165, 1.54) is 0 Å². The largest absolute Gasteiger partial charge is 0.497 e. The number of aryl methyl sites for hydroxylation is 2. The molecule has 1 atom stereocenters. The van der Waals surface area contributed by atoms with Gasteiger partial charge in [-0.3, -0.25) is 9.59 Å². The van der Waals surface area contributed by atoms with E-state index in [1.54, 1.807) is 31.2 Å². The van der Waals surface area contributed by atoms with E-state index in [0.29, 0.717) is 22.9 Å². The van der Waals surface area contributed by atoms with Gasteiger partial charge in [-0.1, -0.05) is 30.7 Å². The monoisotopic (exact) mass is 432 g/mol. The molecular weight excluding hydrogens is 404 g/mol. The number of methoxy groups -OCH3 is 1. The first-order chi connectivity index (χ1) is 14.3. The number of nitrogens with one attached hydrogen (secondary N) is 1. The molecule has 2 aromatic carbocycles. The number of hydrogen-bond donors (Lipinski definition) is 1. The molecule has 0 aliphatic carbocycles. The molecular formula is C23H29ClN2O4. The summed E-state index contributed by atoms with van der Waals surface area (Å²) in [5.41, 5.74) is 2.62. The molecule has 0 aromatic heterocycles. The lowest BCUT2D eigenvalue weighted by molar-refractivity contribution is -0.142. The van der Waals surface area contributed by atoms with Gasteiger partial charge in [-0.2, -0.15) is 0 Å². The molecule has 2 rings (SSSR count). The summed E-state index contributed by atoms with van der Waals surface area (Å²) < 4.78 is 11.0. The van der Waals surface area contributed by atoms with Crippen LogP contribution in [0.5, 0.6) is 11.5 Å². The van der Waals surface area contributed by atoms with E-state index in [4.69, 9.17) is 21.1 Å². The van der Waals surface area contributed by atoms with Gasteiger partial charge in [-0.05, 0) is 61.2 Å². The Morgan fingerprint density at radius 1 is 1.13 bits per heavy atom. The molecule has 0 saturated carbocycles. The van der Waals surface area contributed by atoms with E-state index in [-0.39, 0.29) is 25.0 Å². The lowest BCUT2D eigenvalue weighted by atomic mass is 10.1. The lowest BCUT2D eigenvalue weighted by Gasteiger charge is -2.30. The van der Waals surface area contributed by atoms with Crippen LogP contribution in [-0.2, 0) is 16.1 Å². The van der Waals surface area contributed by atoms with Crippen LogP contribution in [0.25, 0.3) is 0 Å². The molecule has 0 saturated heterocycles. The second-order valence-corrected chi connectivity index (χ2v) is 7.45. The molecule has 2 amide bonds. The first kappa shape index (κ1) is 23.5. The minimum atomic E-state index is -0.606. The zero-order valence-electron chi connectivity index (χ0n) is 18.1. The van der Waals surface area contributed by atoms with Gasteiger partial charge in [-0.15, -0.1) is 0 Å². The minimum Gasteiger partial charge on any atom is -0.497 e. The smallest absolute Gasteiger partial charge is 0.261 e. The molecule has 2 aromatic rings. The van der Waals surface area contributed by atoms with Crippen LogP contribution in [0.3, 0.4) is 0 Å². The first-order valence-electron chi connectivity index (χ1n) is 9.84. The standard InChI is InChI=1S/C23H29ClN2O4/c1-6-20(23(28)25-4)26(13-17-8-7-9-18(12-17)29-5)21(27)14-30-19-10-15(2)22(24)16(3)11-19/h7-12,20H,6,13-14H2,1-5H3,(H,25,28)/t20-/m1/s1. The third-order valence-corrected chi connectivity index (χ3v) is 5.49. The number of nitrogens with zero attached hydrogens (tertiary/aromatic N) is 1. The number of benzene rings is 2. The molecule has 0 unspecified atom stereocenters. The third kappa shape index (κ3) is 5.89. The van der Waals surface area contributed by atoms with Crippen molar-refractivity contribution in [2.75, 3.05) is 20.8 Å². The fourth-order valence-corrected chi connectivity index (χ4v) is 3.38. The van der Waals surface area contributed by atoms with Crippen molar-refractivity contribution in [3.05, 3.63) is 58.1 Å². The van der Waals surface area contributed by atoms with Crippen molar-refractivity contribution >= 4 is 23.4 Å². The van der Waals surface area contributed by atoms with Gasteiger partial charge in [0, 0.05) is 18.6 Å². The van der Waals surface area contributed by atoms with Gasteiger partial charge in [0.25, 0.3) is 5.91 Å². The second-order valence-electron chi connectivity index (χ2n) is 7.07. The molecule has 0 spiro atoms. The number of carbonyl (C=O) groups is 2. The van der Waals surface area contributed by atoms with Gasteiger partial charge in [0.2, 0.25) is 5.91 Å². The fraction of sp³-hybridized carbons (Fsp3) is 0.391. The second kappa shape index (κ2) is 10.9. The predicted molar refractivity (Wildman–Crippen MR) is 118 cm³/mol. The van der Waals surface area contributed by atoms with Crippen LogP contribution < -0.4 is 14.8 Å². The highest BCUT2D eigenvalue weighted by atomic mass is 35.5. The number of ether oxygens (including phenoxy) is 2. The predicted octanol–water partition coefficient (Wildman–Crippen LogP) is 3.90. The van der Waals surface area contributed by atoms with Gasteiger partial charge < -0.3 is 19.7 Å². The van der Waals surface area contributed by atoms with Crippen LogP contribution in [0.2, 0.25) is 5.02 Å². The summed E-state index contributed by atoms with van der Waals surface area (Å²) in [7, 11) is 3.15. The van der Waals surface area contributed by atoms with Crippen molar-refractivity contribution in [1.29, 1.82) is 0 Å². The lowest BCUT2D eigenvalue weighted by Crippen LogP contribution is -2.49. The number of hydrogen-bond acceptors (Lipinski definition) is 4. The molecule has 0 aliphatic heterocycles. The minimum absolute atomic E-state index is 0.183. The van der Waals surface area contributed by atoms with Crippen LogP contribution >= 0.6 is 11.6 Å². The molecule has 0 radical (unpaired) electrons. The molecule has 0 fully saturated rings. The number of carbonyl (C=O) groups excluding carboxylic acids is 2. The molecule has 1 N–H and O–H groups in total. The highest BCUT2D eigenvalue weighted by molar-refractivity contribution is 6.32. The van der Waals surface area contributed by atoms with Crippen LogP contribution in [0.15, 0.2) is 36.4 Å². The Labute approximate surface area is 183 Å². The SMILES string of the molecule is CC[C@H](C(=O)NC)N(Cc1cccc(OC)c1)C(=O)COc1cc(C)c(Cl)c(C)c1. The molecule has 0 bridgehead atoms. The van der Waals surface area contributed by atoms with E-state index < -0.39 is 6.04 Å². The highest BCUT2D eigenvalue weighted by Gasteiger charge is 2.28. The Morgan fingerprint density at radius 3 is 2.37 bits per heavy atom. The summed E-state index contributed by atoms with van der Waals surface area (Å²) in [4.78, 5) is 27.1. The zero-order chi connectivity index (χ0) is 22.3. The topological polar surface area (TPSA) is 67.9 Å². The van der Waals surface area contributed by atoms with Gasteiger partial charge in [0.05, 0.1) is 7.11 Å². The van der Waals surface area contributed by atoms with E-state index in [1.807, 2.05) is 45.0 Å². The first-order valence-corrected chi connectivity index (χ1v) is 10.2. The summed E-state index contributed by atoms with van der Waals surface area (Å²) in [5, 5.41) is 3.32. The number of likely N-dealkylation sites (N-methyl/N-ethyl adjacent to an activating group) is 1. The maximum atomic E-state index is 13.1. The maximum absolute atomic E-state index is 13.1. The highest BCUT2D eigenvalue weighted by Crippen LogP contribution is 2.26. The summed E-state index contributed by atoms with van der Waals surface area (Å²) in [6.45, 7) is 5.73. The van der Waals surface area contributed by atoms with Crippen molar-refractivity contribution in [2.24, 2.45) is 0 Å². The Balaban J connectivity index is 2.23. The normalized spacial score (nSPS) is 11.5. The zero-order valence-corrected chi connectivity index (χ0v) is 18.9. The van der Waals surface area contributed by atoms with Crippen LogP contribution in [0, 0.1) is 13.8 Å². The van der Waals surface area contributed by atoms with Crippen molar-refractivity contribution in [1.82, 2.24) is 10.2 Å². The summed E-state index contributed by atoms with van der Waals surface area (Å²) in [6, 6.07) is 10.4. The summed E-state index contributed by atoms with van der Waals surface area (Å²) in [5.74, 6) is 0.763. The van der Waals surface area contributed by atoms with E-state index >= 15 is 0 Å². The van der Waals surface area contributed by atoms with Crippen molar-refractivity contribution in [2.45, 2.75) is 39.8 Å². The van der Waals surface area contributed by atoms with E-state index in [0.717, 1.165) is 16.7 Å².